The maximum atomic E-state index is 13.8. The van der Waals surface area contributed by atoms with Gasteiger partial charge >= 0.3 is 0 Å². The Balaban J connectivity index is 1.53. The number of carbonyl (C=O) groups is 2. The minimum atomic E-state index is -0.981. The van der Waals surface area contributed by atoms with Crippen molar-refractivity contribution in [2.45, 2.75) is 45.3 Å². The summed E-state index contributed by atoms with van der Waals surface area (Å²) in [7, 11) is 1.70. The second kappa shape index (κ2) is 10.9. The largest absolute Gasteiger partial charge is 0.338 e. The van der Waals surface area contributed by atoms with Gasteiger partial charge < -0.3 is 10.2 Å². The first-order valence-electron chi connectivity index (χ1n) is 12.5. The Morgan fingerprint density at radius 1 is 1.03 bits per heavy atom. The summed E-state index contributed by atoms with van der Waals surface area (Å²) in [6, 6.07) is 22.8. The number of amides is 2. The van der Waals surface area contributed by atoms with Crippen LogP contribution in [0.4, 0.5) is 4.39 Å². The van der Waals surface area contributed by atoms with E-state index in [-0.39, 0.29) is 30.1 Å². The summed E-state index contributed by atoms with van der Waals surface area (Å²) in [5, 5.41) is 11.8. The number of nitrogens with zero attached hydrogens (tertiary/aromatic N) is 2. The molecule has 0 spiro atoms. The van der Waals surface area contributed by atoms with Crippen LogP contribution in [0.2, 0.25) is 0 Å². The van der Waals surface area contributed by atoms with Crippen molar-refractivity contribution in [3.05, 3.63) is 107 Å². The van der Waals surface area contributed by atoms with Crippen molar-refractivity contribution in [3.63, 3.8) is 0 Å². The minimum absolute atomic E-state index is 0.0581. The predicted octanol–water partition coefficient (Wildman–Crippen LogP) is 5.30. The number of benzene rings is 3. The first-order valence-corrected chi connectivity index (χ1v) is 12.5. The van der Waals surface area contributed by atoms with Crippen molar-refractivity contribution in [2.75, 3.05) is 7.05 Å². The Hall–Kier alpha value is -4.00. The predicted molar refractivity (Wildman–Crippen MR) is 142 cm³/mol. The molecule has 0 aromatic heterocycles. The van der Waals surface area contributed by atoms with Gasteiger partial charge in [0.15, 0.2) is 5.96 Å². The first-order chi connectivity index (χ1) is 17.7. The molecule has 7 heteroatoms. The zero-order chi connectivity index (χ0) is 26.6. The highest BCUT2D eigenvalue weighted by molar-refractivity contribution is 6.08. The Morgan fingerprint density at radius 3 is 2.41 bits per heavy atom. The van der Waals surface area contributed by atoms with Crippen LogP contribution in [0.25, 0.3) is 0 Å². The van der Waals surface area contributed by atoms with E-state index in [9.17, 15) is 14.0 Å². The molecule has 1 unspecified atom stereocenters. The van der Waals surface area contributed by atoms with E-state index in [4.69, 9.17) is 5.41 Å². The SMILES string of the molecule is CC(C)CCC1(c2ccccc2)NC(=N)N(Cc2cccc(C(=O)N(C)Cc3ccc(F)cc3)c2)C1=O. The standard InChI is InChI=1S/C30H33FN4O2/c1-21(2)16-17-30(25-10-5-4-6-11-25)28(37)35(29(32)33-30)20-23-8-7-9-24(18-23)27(36)34(3)19-22-12-14-26(31)15-13-22/h4-15,18,21H,16-17,19-20H2,1-3H3,(H2,32,33). The van der Waals surface area contributed by atoms with Crippen LogP contribution in [-0.4, -0.2) is 34.6 Å². The lowest BCUT2D eigenvalue weighted by molar-refractivity contribution is -0.132. The highest BCUT2D eigenvalue weighted by Crippen LogP contribution is 2.35. The summed E-state index contributed by atoms with van der Waals surface area (Å²) < 4.78 is 13.2. The molecule has 1 aliphatic rings. The van der Waals surface area contributed by atoms with Crippen LogP contribution < -0.4 is 5.32 Å². The third-order valence-corrected chi connectivity index (χ3v) is 6.77. The number of hydrogen-bond acceptors (Lipinski definition) is 3. The van der Waals surface area contributed by atoms with Crippen molar-refractivity contribution in [2.24, 2.45) is 5.92 Å². The van der Waals surface area contributed by atoms with Crippen molar-refractivity contribution >= 4 is 17.8 Å². The van der Waals surface area contributed by atoms with Crippen LogP contribution in [0, 0.1) is 17.1 Å². The third kappa shape index (κ3) is 5.71. The van der Waals surface area contributed by atoms with Gasteiger partial charge in [0.25, 0.3) is 11.8 Å². The van der Waals surface area contributed by atoms with Crippen LogP contribution >= 0.6 is 0 Å². The smallest absolute Gasteiger partial charge is 0.260 e. The Labute approximate surface area is 217 Å². The zero-order valence-electron chi connectivity index (χ0n) is 21.5. The maximum Gasteiger partial charge on any atom is 0.260 e. The molecule has 6 nitrogen and oxygen atoms in total. The van der Waals surface area contributed by atoms with Crippen molar-refractivity contribution in [1.29, 1.82) is 5.41 Å². The normalized spacial score (nSPS) is 17.3. The molecule has 0 radical (unpaired) electrons. The van der Waals surface area contributed by atoms with E-state index in [1.165, 1.54) is 17.0 Å². The van der Waals surface area contributed by atoms with Gasteiger partial charge in [-0.1, -0.05) is 68.4 Å². The summed E-state index contributed by atoms with van der Waals surface area (Å²) in [5.74, 6) is -0.185. The van der Waals surface area contributed by atoms with Crippen molar-refractivity contribution in [3.8, 4) is 0 Å². The van der Waals surface area contributed by atoms with E-state index in [1.807, 2.05) is 36.4 Å². The number of guanidine groups is 1. The van der Waals surface area contributed by atoms with Crippen LogP contribution in [0.3, 0.4) is 0 Å². The molecule has 1 atom stereocenters. The lowest BCUT2D eigenvalue weighted by atomic mass is 9.83. The molecule has 0 saturated carbocycles. The summed E-state index contributed by atoms with van der Waals surface area (Å²) in [5.41, 5.74) is 1.94. The van der Waals surface area contributed by atoms with E-state index in [0.29, 0.717) is 24.4 Å². The average Bonchev–Trinajstić information content (AvgIpc) is 3.14. The zero-order valence-corrected chi connectivity index (χ0v) is 21.5. The third-order valence-electron chi connectivity index (χ3n) is 6.77. The summed E-state index contributed by atoms with van der Waals surface area (Å²) in [6.45, 7) is 4.77. The molecular formula is C30H33FN4O2. The monoisotopic (exact) mass is 500 g/mol. The van der Waals surface area contributed by atoms with Gasteiger partial charge in [-0.15, -0.1) is 0 Å². The van der Waals surface area contributed by atoms with Crippen LogP contribution in [0.15, 0.2) is 78.9 Å². The van der Waals surface area contributed by atoms with E-state index in [0.717, 1.165) is 23.1 Å². The number of hydrogen-bond donors (Lipinski definition) is 2. The number of halogens is 1. The molecule has 37 heavy (non-hydrogen) atoms. The topological polar surface area (TPSA) is 76.5 Å². The van der Waals surface area contributed by atoms with Gasteiger partial charge in [0.1, 0.15) is 11.4 Å². The fraction of sp³-hybridized carbons (Fsp3) is 0.300. The fourth-order valence-electron chi connectivity index (χ4n) is 4.68. The molecule has 1 saturated heterocycles. The maximum absolute atomic E-state index is 13.8. The molecule has 2 amide bonds. The van der Waals surface area contributed by atoms with Gasteiger partial charge in [0.2, 0.25) is 0 Å². The molecule has 1 aliphatic heterocycles. The molecule has 1 fully saturated rings. The lowest BCUT2D eigenvalue weighted by Crippen LogP contribution is -2.44. The fourth-order valence-corrected chi connectivity index (χ4v) is 4.68. The van der Waals surface area contributed by atoms with Crippen LogP contribution in [0.5, 0.6) is 0 Å². The molecule has 2 N–H and O–H groups in total. The highest BCUT2D eigenvalue weighted by atomic mass is 19.1. The van der Waals surface area contributed by atoms with Crippen molar-refractivity contribution in [1.82, 2.24) is 15.1 Å². The van der Waals surface area contributed by atoms with Gasteiger partial charge in [0.05, 0.1) is 6.54 Å². The second-order valence-electron chi connectivity index (χ2n) is 10.1. The Bertz CT molecular complexity index is 1280. The average molecular weight is 501 g/mol. The highest BCUT2D eigenvalue weighted by Gasteiger charge is 2.50. The summed E-state index contributed by atoms with van der Waals surface area (Å²) in [4.78, 5) is 29.9. The minimum Gasteiger partial charge on any atom is -0.338 e. The van der Waals surface area contributed by atoms with E-state index < -0.39 is 5.54 Å². The molecule has 0 aliphatic carbocycles. The molecule has 3 aromatic rings. The lowest BCUT2D eigenvalue weighted by Gasteiger charge is -2.28. The molecule has 192 valence electrons. The van der Waals surface area contributed by atoms with Crippen LogP contribution in [-0.2, 0) is 23.4 Å². The number of nitrogens with one attached hydrogen (secondary N) is 2. The molecular weight excluding hydrogens is 467 g/mol. The second-order valence-corrected chi connectivity index (χ2v) is 10.1. The molecule has 0 bridgehead atoms. The molecule has 1 heterocycles. The van der Waals surface area contributed by atoms with Gasteiger partial charge in [-0.25, -0.2) is 4.39 Å². The number of carbonyl (C=O) groups excluding carboxylic acids is 2. The van der Waals surface area contributed by atoms with Gasteiger partial charge in [-0.2, -0.15) is 0 Å². The molecule has 3 aromatic carbocycles. The van der Waals surface area contributed by atoms with Gasteiger partial charge in [-0.3, -0.25) is 19.9 Å². The first kappa shape index (κ1) is 26.1. The number of rotatable bonds is 9. The van der Waals surface area contributed by atoms with Crippen LogP contribution in [0.1, 0.15) is 53.7 Å². The van der Waals surface area contributed by atoms with E-state index >= 15 is 0 Å². The van der Waals surface area contributed by atoms with Gasteiger partial charge in [-0.05, 0) is 59.7 Å². The Morgan fingerprint density at radius 2 is 1.73 bits per heavy atom. The van der Waals surface area contributed by atoms with Crippen molar-refractivity contribution < 1.29 is 14.0 Å². The quantitative estimate of drug-likeness (QED) is 0.419. The van der Waals surface area contributed by atoms with E-state index in [1.54, 1.807) is 42.3 Å². The summed E-state index contributed by atoms with van der Waals surface area (Å²) >= 11 is 0. The van der Waals surface area contributed by atoms with Gasteiger partial charge in [0, 0.05) is 19.2 Å². The molecule has 4 rings (SSSR count). The van der Waals surface area contributed by atoms with E-state index in [2.05, 4.69) is 19.2 Å². The summed E-state index contributed by atoms with van der Waals surface area (Å²) in [6.07, 6.45) is 1.41. The Kier molecular flexibility index (Phi) is 7.71.